The second kappa shape index (κ2) is 6.90. The van der Waals surface area contributed by atoms with Crippen LogP contribution in [0.1, 0.15) is 31.4 Å². The van der Waals surface area contributed by atoms with Crippen molar-refractivity contribution in [2.45, 2.75) is 42.6 Å². The minimum atomic E-state index is 0.476. The maximum atomic E-state index is 2.33. The summed E-state index contributed by atoms with van der Waals surface area (Å²) in [5.41, 5.74) is 5.52. The van der Waals surface area contributed by atoms with E-state index < -0.39 is 0 Å². The highest BCUT2D eigenvalue weighted by atomic mass is 32.2. The van der Waals surface area contributed by atoms with Crippen LogP contribution >= 0.6 is 47.0 Å². The third kappa shape index (κ3) is 3.22. The first-order chi connectivity index (χ1) is 12.7. The number of rotatable bonds is 2. The summed E-state index contributed by atoms with van der Waals surface area (Å²) in [5, 5.41) is 0. The van der Waals surface area contributed by atoms with E-state index in [9.17, 15) is 0 Å². The van der Waals surface area contributed by atoms with E-state index in [4.69, 9.17) is 0 Å². The van der Waals surface area contributed by atoms with Crippen molar-refractivity contribution < 1.29 is 0 Å². The lowest BCUT2D eigenvalue weighted by Gasteiger charge is -2.12. The van der Waals surface area contributed by atoms with Crippen molar-refractivity contribution in [1.82, 2.24) is 0 Å². The van der Waals surface area contributed by atoms with E-state index >= 15 is 0 Å². The maximum absolute atomic E-state index is 2.33. The van der Waals surface area contributed by atoms with Gasteiger partial charge < -0.3 is 0 Å². The van der Waals surface area contributed by atoms with Gasteiger partial charge in [0.2, 0.25) is 0 Å². The van der Waals surface area contributed by atoms with Crippen LogP contribution in [0.15, 0.2) is 80.2 Å². The van der Waals surface area contributed by atoms with Gasteiger partial charge in [0.15, 0.2) is 0 Å². The van der Waals surface area contributed by atoms with E-state index in [0.717, 1.165) is 0 Å². The number of fused-ring (bicyclic) bond motifs is 2. The average Bonchev–Trinajstić information content (AvgIpc) is 3.25. The topological polar surface area (TPSA) is 0 Å². The predicted octanol–water partition coefficient (Wildman–Crippen LogP) is 8.10. The number of aryl methyl sites for hydroxylation is 2. The van der Waals surface area contributed by atoms with Gasteiger partial charge in [-0.05, 0) is 60.4 Å². The van der Waals surface area contributed by atoms with Gasteiger partial charge in [-0.15, -0.1) is 47.0 Å². The molecule has 0 N–H and O–H groups in total. The molecule has 0 fully saturated rings. The van der Waals surface area contributed by atoms with Gasteiger partial charge >= 0.3 is 0 Å². The van der Waals surface area contributed by atoms with Crippen molar-refractivity contribution in [3.63, 3.8) is 0 Å². The molecule has 0 saturated carbocycles. The van der Waals surface area contributed by atoms with E-state index in [0.29, 0.717) is 9.16 Å². The predicted molar refractivity (Wildman–Crippen MR) is 118 cm³/mol. The minimum absolute atomic E-state index is 0.476. The molecule has 2 atom stereocenters. The molecule has 3 aromatic carbocycles. The SMILES string of the molecule is Cc1ccc2c(c1)S[C@@H](c1ccc([C@H]3Sc4ccc(C)cc4S3)cc1)S2. The van der Waals surface area contributed by atoms with Crippen molar-refractivity contribution in [2.24, 2.45) is 0 Å². The summed E-state index contributed by atoms with van der Waals surface area (Å²) in [6, 6.07) is 22.9. The smallest absolute Gasteiger partial charge is 0.0846 e. The first-order valence-corrected chi connectivity index (χ1v) is 12.2. The normalized spacial score (nSPS) is 20.8. The van der Waals surface area contributed by atoms with Crippen molar-refractivity contribution in [2.75, 3.05) is 0 Å². The van der Waals surface area contributed by atoms with Crippen LogP contribution in [-0.2, 0) is 0 Å². The van der Waals surface area contributed by atoms with Gasteiger partial charge in [0.25, 0.3) is 0 Å². The Hall–Kier alpha value is -0.940. The third-order valence-electron chi connectivity index (χ3n) is 4.62. The molecule has 0 bridgehead atoms. The zero-order chi connectivity index (χ0) is 17.7. The molecule has 2 aliphatic heterocycles. The van der Waals surface area contributed by atoms with Crippen LogP contribution in [0, 0.1) is 13.8 Å². The molecule has 0 aliphatic carbocycles. The Morgan fingerprint density at radius 3 is 1.31 bits per heavy atom. The molecule has 2 heterocycles. The number of hydrogen-bond donors (Lipinski definition) is 0. The van der Waals surface area contributed by atoms with Gasteiger partial charge in [-0.25, -0.2) is 0 Å². The quantitative estimate of drug-likeness (QED) is 0.418. The maximum Gasteiger partial charge on any atom is 0.0846 e. The average molecular weight is 411 g/mol. The summed E-state index contributed by atoms with van der Waals surface area (Å²) in [6.45, 7) is 4.34. The van der Waals surface area contributed by atoms with Crippen LogP contribution in [0.2, 0.25) is 0 Å². The monoisotopic (exact) mass is 410 g/mol. The molecular formula is C22H18S4. The third-order valence-corrected chi connectivity index (χ3v) is 10.4. The first-order valence-electron chi connectivity index (χ1n) is 8.63. The Kier molecular flexibility index (Phi) is 4.56. The standard InChI is InChI=1S/C22H18S4/c1-13-3-9-17-19(11-13)25-21(23-17)15-5-7-16(8-6-15)22-24-18-10-4-14(2)12-20(18)26-22/h3-12,21-22H,1-2H3/t21-,22-/m0/s1. The largest absolute Gasteiger partial charge is 0.105 e. The minimum Gasteiger partial charge on any atom is -0.105 e. The second-order valence-electron chi connectivity index (χ2n) is 6.70. The van der Waals surface area contributed by atoms with Gasteiger partial charge in [-0.3, -0.25) is 0 Å². The molecule has 0 amide bonds. The van der Waals surface area contributed by atoms with Crippen LogP contribution in [-0.4, -0.2) is 0 Å². The Labute approximate surface area is 171 Å². The molecule has 0 saturated heterocycles. The highest BCUT2D eigenvalue weighted by molar-refractivity contribution is 8.19. The molecule has 0 aromatic heterocycles. The summed E-state index contributed by atoms with van der Waals surface area (Å²) in [5.74, 6) is 0. The lowest BCUT2D eigenvalue weighted by Crippen LogP contribution is -1.88. The summed E-state index contributed by atoms with van der Waals surface area (Å²) in [7, 11) is 0. The summed E-state index contributed by atoms with van der Waals surface area (Å²) in [6.07, 6.45) is 0. The summed E-state index contributed by atoms with van der Waals surface area (Å²) >= 11 is 7.93. The van der Waals surface area contributed by atoms with Crippen molar-refractivity contribution in [3.8, 4) is 0 Å². The van der Waals surface area contributed by atoms with Gasteiger partial charge in [-0.1, -0.05) is 36.4 Å². The molecule has 0 nitrogen and oxygen atoms in total. The van der Waals surface area contributed by atoms with Crippen molar-refractivity contribution >= 4 is 47.0 Å². The molecule has 2 aliphatic rings. The van der Waals surface area contributed by atoms with Crippen LogP contribution in [0.4, 0.5) is 0 Å². The fourth-order valence-electron chi connectivity index (χ4n) is 3.20. The number of benzene rings is 3. The van der Waals surface area contributed by atoms with E-state index in [1.807, 2.05) is 47.0 Å². The van der Waals surface area contributed by atoms with E-state index in [-0.39, 0.29) is 0 Å². The molecule has 0 radical (unpaired) electrons. The fraction of sp³-hybridized carbons (Fsp3) is 0.182. The molecule has 0 unspecified atom stereocenters. The fourth-order valence-corrected chi connectivity index (χ4v) is 9.02. The summed E-state index contributed by atoms with van der Waals surface area (Å²) in [4.78, 5) is 5.69. The Balaban J connectivity index is 1.33. The zero-order valence-electron chi connectivity index (χ0n) is 14.6. The van der Waals surface area contributed by atoms with Gasteiger partial charge in [0, 0.05) is 19.6 Å². The highest BCUT2D eigenvalue weighted by Crippen LogP contribution is 2.58. The van der Waals surface area contributed by atoms with Crippen molar-refractivity contribution in [1.29, 1.82) is 0 Å². The van der Waals surface area contributed by atoms with Crippen LogP contribution in [0.5, 0.6) is 0 Å². The lowest BCUT2D eigenvalue weighted by atomic mass is 10.2. The molecule has 3 aromatic rings. The molecule has 130 valence electrons. The van der Waals surface area contributed by atoms with Gasteiger partial charge in [0.1, 0.15) is 0 Å². The zero-order valence-corrected chi connectivity index (χ0v) is 17.8. The highest BCUT2D eigenvalue weighted by Gasteiger charge is 2.27. The van der Waals surface area contributed by atoms with Gasteiger partial charge in [0.05, 0.1) is 9.16 Å². The second-order valence-corrected chi connectivity index (χ2v) is 11.9. The Morgan fingerprint density at radius 2 is 0.885 bits per heavy atom. The Morgan fingerprint density at radius 1 is 0.500 bits per heavy atom. The molecule has 26 heavy (non-hydrogen) atoms. The van der Waals surface area contributed by atoms with Crippen LogP contribution in [0.3, 0.4) is 0 Å². The number of hydrogen-bond acceptors (Lipinski definition) is 4. The van der Waals surface area contributed by atoms with Gasteiger partial charge in [-0.2, -0.15) is 0 Å². The lowest BCUT2D eigenvalue weighted by molar-refractivity contribution is 1.23. The molecule has 5 rings (SSSR count). The molecular weight excluding hydrogens is 393 g/mol. The van der Waals surface area contributed by atoms with E-state index in [1.54, 1.807) is 0 Å². The number of thioether (sulfide) groups is 4. The van der Waals surface area contributed by atoms with E-state index in [1.165, 1.54) is 41.8 Å². The van der Waals surface area contributed by atoms with Crippen molar-refractivity contribution in [3.05, 3.63) is 82.9 Å². The first kappa shape index (κ1) is 17.2. The summed E-state index contributed by atoms with van der Waals surface area (Å²) < 4.78 is 0.953. The Bertz CT molecular complexity index is 897. The molecule has 0 spiro atoms. The van der Waals surface area contributed by atoms with E-state index in [2.05, 4.69) is 74.5 Å². The van der Waals surface area contributed by atoms with Crippen LogP contribution < -0.4 is 0 Å². The molecule has 4 heteroatoms. The van der Waals surface area contributed by atoms with Crippen LogP contribution in [0.25, 0.3) is 0 Å².